The number of benzene rings is 2. The SMILES string of the molecule is CC1(C)NS(=O)(=O)N(CCc2ccc(N=Nc3ccccc3)cc2)C1=O. The minimum Gasteiger partial charge on any atom is -0.272 e. The van der Waals surface area contributed by atoms with Crippen LogP contribution in [0, 0.1) is 0 Å². The van der Waals surface area contributed by atoms with Crippen molar-refractivity contribution in [1.82, 2.24) is 9.03 Å². The summed E-state index contributed by atoms with van der Waals surface area (Å²) >= 11 is 0. The van der Waals surface area contributed by atoms with Crippen molar-refractivity contribution in [2.24, 2.45) is 10.2 Å². The van der Waals surface area contributed by atoms with E-state index in [9.17, 15) is 13.2 Å². The number of nitrogens with one attached hydrogen (secondary N) is 1. The zero-order valence-electron chi connectivity index (χ0n) is 14.6. The van der Waals surface area contributed by atoms with Crippen LogP contribution < -0.4 is 4.72 Å². The summed E-state index contributed by atoms with van der Waals surface area (Å²) in [5.74, 6) is -0.439. The van der Waals surface area contributed by atoms with E-state index in [0.717, 1.165) is 15.6 Å². The maximum atomic E-state index is 12.2. The Kier molecular flexibility index (Phi) is 4.88. The van der Waals surface area contributed by atoms with Crippen LogP contribution in [0.1, 0.15) is 19.4 Å². The quantitative estimate of drug-likeness (QED) is 0.818. The third-order valence-corrected chi connectivity index (χ3v) is 5.71. The van der Waals surface area contributed by atoms with Crippen molar-refractivity contribution in [2.45, 2.75) is 25.8 Å². The van der Waals surface area contributed by atoms with Gasteiger partial charge in [-0.05, 0) is 50.1 Å². The fraction of sp³-hybridized carbons (Fsp3) is 0.278. The number of nitrogens with zero attached hydrogens (tertiary/aromatic N) is 3. The van der Waals surface area contributed by atoms with E-state index in [1.807, 2.05) is 54.6 Å². The van der Waals surface area contributed by atoms with E-state index in [-0.39, 0.29) is 6.54 Å². The molecule has 0 aromatic heterocycles. The van der Waals surface area contributed by atoms with Gasteiger partial charge in [-0.15, -0.1) is 0 Å². The van der Waals surface area contributed by atoms with Crippen LogP contribution in [0.2, 0.25) is 0 Å². The van der Waals surface area contributed by atoms with Gasteiger partial charge in [0.15, 0.2) is 0 Å². The molecule has 1 heterocycles. The number of hydrogen-bond donors (Lipinski definition) is 1. The first-order valence-electron chi connectivity index (χ1n) is 8.20. The van der Waals surface area contributed by atoms with Crippen LogP contribution in [0.15, 0.2) is 64.8 Å². The zero-order valence-corrected chi connectivity index (χ0v) is 15.4. The van der Waals surface area contributed by atoms with Crippen molar-refractivity contribution in [3.05, 3.63) is 60.2 Å². The predicted octanol–water partition coefficient (Wildman–Crippen LogP) is 3.10. The van der Waals surface area contributed by atoms with Crippen molar-refractivity contribution in [1.29, 1.82) is 0 Å². The van der Waals surface area contributed by atoms with Gasteiger partial charge in [-0.2, -0.15) is 23.4 Å². The highest BCUT2D eigenvalue weighted by Crippen LogP contribution is 2.22. The minimum absolute atomic E-state index is 0.0997. The molecule has 0 atom stereocenters. The zero-order chi connectivity index (χ0) is 18.8. The molecule has 3 rings (SSSR count). The van der Waals surface area contributed by atoms with Gasteiger partial charge in [-0.25, -0.2) is 4.31 Å². The van der Waals surface area contributed by atoms with Gasteiger partial charge in [0, 0.05) is 6.54 Å². The van der Waals surface area contributed by atoms with Gasteiger partial charge in [-0.1, -0.05) is 30.3 Å². The smallest absolute Gasteiger partial charge is 0.272 e. The van der Waals surface area contributed by atoms with E-state index < -0.39 is 21.7 Å². The van der Waals surface area contributed by atoms with Crippen molar-refractivity contribution in [3.63, 3.8) is 0 Å². The van der Waals surface area contributed by atoms with Crippen LogP contribution in [0.25, 0.3) is 0 Å². The third-order valence-electron chi connectivity index (χ3n) is 4.01. The van der Waals surface area contributed by atoms with Gasteiger partial charge in [0.2, 0.25) is 0 Å². The van der Waals surface area contributed by atoms with Crippen LogP contribution >= 0.6 is 0 Å². The Morgan fingerprint density at radius 1 is 0.962 bits per heavy atom. The van der Waals surface area contributed by atoms with E-state index in [1.165, 1.54) is 0 Å². The number of azo groups is 1. The summed E-state index contributed by atoms with van der Waals surface area (Å²) < 4.78 is 27.4. The second-order valence-electron chi connectivity index (χ2n) is 6.56. The molecule has 0 radical (unpaired) electrons. The maximum Gasteiger partial charge on any atom is 0.304 e. The number of amides is 1. The summed E-state index contributed by atoms with van der Waals surface area (Å²) in [5.41, 5.74) is 1.28. The Balaban J connectivity index is 1.63. The topological polar surface area (TPSA) is 91.2 Å². The molecule has 136 valence electrons. The molecule has 1 fully saturated rings. The van der Waals surface area contributed by atoms with Crippen molar-refractivity contribution < 1.29 is 13.2 Å². The second kappa shape index (κ2) is 6.97. The van der Waals surface area contributed by atoms with Crippen LogP contribution in [-0.4, -0.2) is 30.7 Å². The van der Waals surface area contributed by atoms with Crippen LogP contribution in [-0.2, 0) is 21.4 Å². The van der Waals surface area contributed by atoms with E-state index in [2.05, 4.69) is 15.0 Å². The predicted molar refractivity (Wildman–Crippen MR) is 98.6 cm³/mol. The average molecular weight is 372 g/mol. The molecule has 0 spiro atoms. The molecule has 2 aromatic carbocycles. The Hall–Kier alpha value is -2.58. The number of hydrogen-bond acceptors (Lipinski definition) is 5. The molecule has 26 heavy (non-hydrogen) atoms. The Morgan fingerprint density at radius 2 is 1.54 bits per heavy atom. The Labute approximate surface area is 152 Å². The van der Waals surface area contributed by atoms with Gasteiger partial charge in [-0.3, -0.25) is 4.79 Å². The van der Waals surface area contributed by atoms with E-state index in [0.29, 0.717) is 12.1 Å². The van der Waals surface area contributed by atoms with Gasteiger partial charge >= 0.3 is 10.2 Å². The summed E-state index contributed by atoms with van der Waals surface area (Å²) in [6, 6.07) is 16.7. The molecule has 1 aliphatic heterocycles. The first-order valence-corrected chi connectivity index (χ1v) is 9.64. The minimum atomic E-state index is -3.76. The van der Waals surface area contributed by atoms with E-state index in [4.69, 9.17) is 0 Å². The molecule has 1 N–H and O–H groups in total. The highest BCUT2D eigenvalue weighted by Gasteiger charge is 2.48. The lowest BCUT2D eigenvalue weighted by atomic mass is 10.1. The molecule has 1 aliphatic rings. The van der Waals surface area contributed by atoms with Gasteiger partial charge in [0.05, 0.1) is 11.4 Å². The van der Waals surface area contributed by atoms with E-state index in [1.54, 1.807) is 13.8 Å². The Morgan fingerprint density at radius 3 is 2.08 bits per heavy atom. The lowest BCUT2D eigenvalue weighted by molar-refractivity contribution is -0.129. The molecule has 1 saturated heterocycles. The third kappa shape index (κ3) is 3.97. The molecular formula is C18H20N4O3S. The molecule has 0 aliphatic carbocycles. The highest BCUT2D eigenvalue weighted by molar-refractivity contribution is 7.88. The first-order chi connectivity index (χ1) is 12.3. The number of carbonyl (C=O) groups excluding carboxylic acids is 1. The molecule has 2 aromatic rings. The summed E-state index contributed by atoms with van der Waals surface area (Å²) in [6.07, 6.45) is 0.429. The van der Waals surface area contributed by atoms with Crippen molar-refractivity contribution in [2.75, 3.05) is 6.54 Å². The van der Waals surface area contributed by atoms with Gasteiger partial charge in [0.25, 0.3) is 5.91 Å². The van der Waals surface area contributed by atoms with Crippen LogP contribution in [0.3, 0.4) is 0 Å². The molecule has 0 saturated carbocycles. The van der Waals surface area contributed by atoms with E-state index >= 15 is 0 Å². The highest BCUT2D eigenvalue weighted by atomic mass is 32.2. The first kappa shape index (κ1) is 18.2. The number of rotatable bonds is 5. The molecule has 8 heteroatoms. The summed E-state index contributed by atoms with van der Waals surface area (Å²) in [4.78, 5) is 12.2. The summed E-state index contributed by atoms with van der Waals surface area (Å²) in [5, 5.41) is 8.31. The maximum absolute atomic E-state index is 12.2. The van der Waals surface area contributed by atoms with Gasteiger partial charge < -0.3 is 0 Å². The Bertz CT molecular complexity index is 923. The molecule has 0 unspecified atom stereocenters. The molecular weight excluding hydrogens is 352 g/mol. The van der Waals surface area contributed by atoms with Crippen LogP contribution in [0.4, 0.5) is 11.4 Å². The normalized spacial score (nSPS) is 18.5. The number of carbonyl (C=O) groups is 1. The van der Waals surface area contributed by atoms with Crippen molar-refractivity contribution in [3.8, 4) is 0 Å². The van der Waals surface area contributed by atoms with Gasteiger partial charge in [0.1, 0.15) is 5.54 Å². The standard InChI is InChI=1S/C18H20N4O3S/c1-18(2)17(23)22(26(24,25)21-18)13-12-14-8-10-16(11-9-14)20-19-15-6-4-3-5-7-15/h3-11,21H,12-13H2,1-2H3. The lowest BCUT2D eigenvalue weighted by Crippen LogP contribution is -2.40. The molecule has 1 amide bonds. The summed E-state index contributed by atoms with van der Waals surface area (Å²) in [7, 11) is -3.76. The monoisotopic (exact) mass is 372 g/mol. The molecule has 7 nitrogen and oxygen atoms in total. The molecule has 0 bridgehead atoms. The fourth-order valence-corrected chi connectivity index (χ4v) is 4.25. The average Bonchev–Trinajstić information content (AvgIpc) is 2.76. The fourth-order valence-electron chi connectivity index (χ4n) is 2.63. The van der Waals surface area contributed by atoms with Crippen molar-refractivity contribution >= 4 is 27.5 Å². The largest absolute Gasteiger partial charge is 0.304 e. The second-order valence-corrected chi connectivity index (χ2v) is 8.16. The van der Waals surface area contributed by atoms with Crippen LogP contribution in [0.5, 0.6) is 0 Å². The lowest BCUT2D eigenvalue weighted by Gasteiger charge is -2.15. The summed E-state index contributed by atoms with van der Waals surface area (Å²) in [6.45, 7) is 3.21.